The van der Waals surface area contributed by atoms with E-state index in [9.17, 15) is 9.59 Å². The van der Waals surface area contributed by atoms with Crippen molar-refractivity contribution in [3.8, 4) is 0 Å². The molecule has 26 heavy (non-hydrogen) atoms. The molecule has 6 heteroatoms. The third-order valence-electron chi connectivity index (χ3n) is 4.93. The monoisotopic (exact) mass is 360 g/mol. The van der Waals surface area contributed by atoms with Gasteiger partial charge in [-0.25, -0.2) is 5.48 Å². The van der Waals surface area contributed by atoms with Gasteiger partial charge >= 0.3 is 5.97 Å². The highest BCUT2D eigenvalue weighted by molar-refractivity contribution is 5.90. The van der Waals surface area contributed by atoms with Crippen LogP contribution in [0.5, 0.6) is 0 Å². The number of hydroxylamine groups is 1. The van der Waals surface area contributed by atoms with E-state index in [0.29, 0.717) is 13.0 Å². The molecule has 0 aliphatic heterocycles. The summed E-state index contributed by atoms with van der Waals surface area (Å²) < 4.78 is 5.67. The maximum absolute atomic E-state index is 12.6. The largest absolute Gasteiger partial charge is 0.461 e. The molecule has 1 saturated carbocycles. The van der Waals surface area contributed by atoms with Crippen LogP contribution < -0.4 is 10.8 Å². The summed E-state index contributed by atoms with van der Waals surface area (Å²) in [6, 6.07) is 7.61. The summed E-state index contributed by atoms with van der Waals surface area (Å²) in [5.74, 6) is -0.753. The van der Waals surface area contributed by atoms with Gasteiger partial charge in [-0.3, -0.25) is 20.1 Å². The number of hydrogen-bond acceptors (Lipinski definition) is 5. The summed E-state index contributed by atoms with van der Waals surface area (Å²) in [5, 5.41) is 11.8. The lowest BCUT2D eigenvalue weighted by molar-refractivity contribution is -0.156. The minimum atomic E-state index is -0.708. The minimum Gasteiger partial charge on any atom is -0.461 e. The highest BCUT2D eigenvalue weighted by Gasteiger charge is 2.34. The maximum Gasteiger partial charge on any atom is 0.326 e. The van der Waals surface area contributed by atoms with Crippen LogP contribution in [0, 0.1) is 0 Å². The number of esters is 1. The fourth-order valence-electron chi connectivity index (χ4n) is 2.88. The Balaban J connectivity index is 1.91. The van der Waals surface area contributed by atoms with E-state index in [1.165, 1.54) is 6.08 Å². The van der Waals surface area contributed by atoms with E-state index in [2.05, 4.69) is 5.32 Å². The standard InChI is InChI=1S/C20H28N2O4/c1-3-20(2,19(24)26-17-6-4-5-7-17)21-14-16-10-8-15(9-11-16)12-13-18(23)22-25/h8-13,17,21,25H,3-7,14H2,1-2H3,(H,22,23)/t20-/m1/s1. The number of amides is 1. The second-order valence-corrected chi connectivity index (χ2v) is 6.90. The molecule has 6 nitrogen and oxygen atoms in total. The predicted molar refractivity (Wildman–Crippen MR) is 99.3 cm³/mol. The van der Waals surface area contributed by atoms with Crippen molar-refractivity contribution in [3.63, 3.8) is 0 Å². The molecule has 1 fully saturated rings. The number of carbonyl (C=O) groups is 2. The van der Waals surface area contributed by atoms with Crippen LogP contribution >= 0.6 is 0 Å². The van der Waals surface area contributed by atoms with Crippen molar-refractivity contribution in [1.82, 2.24) is 10.8 Å². The average Bonchev–Trinajstić information content (AvgIpc) is 3.17. The SMILES string of the molecule is CC[C@@](C)(NCc1ccc(C=CC(=O)NO)cc1)C(=O)OC1CCCC1. The topological polar surface area (TPSA) is 87.7 Å². The van der Waals surface area contributed by atoms with Gasteiger partial charge in [0.1, 0.15) is 11.6 Å². The molecule has 0 aromatic heterocycles. The fraction of sp³-hybridized carbons (Fsp3) is 0.500. The third-order valence-corrected chi connectivity index (χ3v) is 4.93. The molecule has 0 heterocycles. The van der Waals surface area contributed by atoms with Crippen molar-refractivity contribution in [1.29, 1.82) is 0 Å². The lowest BCUT2D eigenvalue weighted by atomic mass is 9.98. The van der Waals surface area contributed by atoms with Gasteiger partial charge in [-0.2, -0.15) is 0 Å². The van der Waals surface area contributed by atoms with E-state index in [4.69, 9.17) is 9.94 Å². The first-order chi connectivity index (χ1) is 12.5. The van der Waals surface area contributed by atoms with Crippen LogP contribution in [0.25, 0.3) is 6.08 Å². The van der Waals surface area contributed by atoms with Crippen LogP contribution in [0.2, 0.25) is 0 Å². The number of carbonyl (C=O) groups excluding carboxylic acids is 2. The van der Waals surface area contributed by atoms with Crippen LogP contribution in [0.3, 0.4) is 0 Å². The van der Waals surface area contributed by atoms with Crippen LogP contribution in [0.1, 0.15) is 57.1 Å². The van der Waals surface area contributed by atoms with Crippen LogP contribution in [-0.4, -0.2) is 28.7 Å². The number of rotatable bonds is 8. The normalized spacial score (nSPS) is 17.2. The van der Waals surface area contributed by atoms with Gasteiger partial charge < -0.3 is 4.74 Å². The van der Waals surface area contributed by atoms with Crippen molar-refractivity contribution in [3.05, 3.63) is 41.5 Å². The smallest absolute Gasteiger partial charge is 0.326 e. The highest BCUT2D eigenvalue weighted by Crippen LogP contribution is 2.24. The number of hydrogen-bond donors (Lipinski definition) is 3. The summed E-state index contributed by atoms with van der Waals surface area (Å²) in [6.07, 6.45) is 7.78. The molecular formula is C20H28N2O4. The molecule has 1 amide bonds. The van der Waals surface area contributed by atoms with Crippen molar-refractivity contribution >= 4 is 18.0 Å². The Morgan fingerprint density at radius 2 is 1.92 bits per heavy atom. The molecule has 1 atom stereocenters. The molecule has 1 aromatic rings. The van der Waals surface area contributed by atoms with Gasteiger partial charge in [0, 0.05) is 12.6 Å². The lowest BCUT2D eigenvalue weighted by Gasteiger charge is -2.29. The molecule has 0 saturated heterocycles. The maximum atomic E-state index is 12.6. The number of benzene rings is 1. The fourth-order valence-corrected chi connectivity index (χ4v) is 2.88. The third kappa shape index (κ3) is 5.68. The van der Waals surface area contributed by atoms with E-state index < -0.39 is 11.4 Å². The summed E-state index contributed by atoms with van der Waals surface area (Å²) in [6.45, 7) is 4.41. The first kappa shape index (κ1) is 20.1. The second kappa shape index (κ2) is 9.50. The van der Waals surface area contributed by atoms with E-state index >= 15 is 0 Å². The lowest BCUT2D eigenvalue weighted by Crippen LogP contribution is -2.50. The predicted octanol–water partition coefficient (Wildman–Crippen LogP) is 2.95. The zero-order valence-electron chi connectivity index (χ0n) is 15.5. The summed E-state index contributed by atoms with van der Waals surface area (Å²) in [5.41, 5.74) is 2.71. The molecule has 0 spiro atoms. The molecule has 1 aliphatic carbocycles. The Bertz CT molecular complexity index is 636. The first-order valence-corrected chi connectivity index (χ1v) is 9.14. The van der Waals surface area contributed by atoms with Gasteiger partial charge in [0.05, 0.1) is 0 Å². The zero-order valence-corrected chi connectivity index (χ0v) is 15.5. The zero-order chi connectivity index (χ0) is 19.0. The van der Waals surface area contributed by atoms with E-state index in [-0.39, 0.29) is 12.1 Å². The molecule has 2 rings (SSSR count). The molecule has 3 N–H and O–H groups in total. The van der Waals surface area contributed by atoms with Crippen molar-refractivity contribution in [2.75, 3.05) is 0 Å². The molecular weight excluding hydrogens is 332 g/mol. The van der Waals surface area contributed by atoms with Crippen LogP contribution in [0.4, 0.5) is 0 Å². The molecule has 0 radical (unpaired) electrons. The Labute approximate surface area is 154 Å². The van der Waals surface area contributed by atoms with Gasteiger partial charge in [0.25, 0.3) is 5.91 Å². The number of ether oxygens (including phenoxy) is 1. The van der Waals surface area contributed by atoms with Gasteiger partial charge in [-0.1, -0.05) is 31.2 Å². The van der Waals surface area contributed by atoms with Crippen molar-refractivity contribution < 1.29 is 19.5 Å². The molecule has 0 unspecified atom stereocenters. The summed E-state index contributed by atoms with van der Waals surface area (Å²) in [7, 11) is 0. The number of nitrogens with one attached hydrogen (secondary N) is 2. The van der Waals surface area contributed by atoms with Crippen LogP contribution in [-0.2, 0) is 20.9 Å². The summed E-state index contributed by atoms with van der Waals surface area (Å²) in [4.78, 5) is 23.5. The molecule has 1 aromatic carbocycles. The van der Waals surface area contributed by atoms with Gasteiger partial charge in [-0.05, 0) is 56.2 Å². The summed E-state index contributed by atoms with van der Waals surface area (Å²) >= 11 is 0. The second-order valence-electron chi connectivity index (χ2n) is 6.90. The van der Waals surface area contributed by atoms with Crippen molar-refractivity contribution in [2.24, 2.45) is 0 Å². The Morgan fingerprint density at radius 1 is 1.27 bits per heavy atom. The highest BCUT2D eigenvalue weighted by atomic mass is 16.5. The first-order valence-electron chi connectivity index (χ1n) is 9.14. The van der Waals surface area contributed by atoms with Crippen LogP contribution in [0.15, 0.2) is 30.3 Å². The van der Waals surface area contributed by atoms with Gasteiger partial charge in [0.15, 0.2) is 0 Å². The molecule has 1 aliphatic rings. The Morgan fingerprint density at radius 3 is 2.50 bits per heavy atom. The van der Waals surface area contributed by atoms with Crippen molar-refractivity contribution in [2.45, 2.75) is 64.1 Å². The molecule has 0 bridgehead atoms. The molecule has 142 valence electrons. The Hall–Kier alpha value is -2.18. The average molecular weight is 360 g/mol. The van der Waals surface area contributed by atoms with Gasteiger partial charge in [-0.15, -0.1) is 0 Å². The van der Waals surface area contributed by atoms with E-state index in [1.54, 1.807) is 11.6 Å². The van der Waals surface area contributed by atoms with Gasteiger partial charge in [0.2, 0.25) is 0 Å². The van der Waals surface area contributed by atoms with E-state index in [1.807, 2.05) is 38.1 Å². The van der Waals surface area contributed by atoms with E-state index in [0.717, 1.165) is 36.8 Å². The Kier molecular flexibility index (Phi) is 7.36. The minimum absolute atomic E-state index is 0.0670. The quantitative estimate of drug-likeness (QED) is 0.287.